The lowest BCUT2D eigenvalue weighted by Gasteiger charge is -2.27. The maximum atomic E-state index is 5.66. The van der Waals surface area contributed by atoms with Crippen molar-refractivity contribution < 1.29 is 9.47 Å². The molecule has 0 N–H and O–H groups in total. The van der Waals surface area contributed by atoms with Crippen LogP contribution in [0.3, 0.4) is 0 Å². The van der Waals surface area contributed by atoms with E-state index in [1.54, 1.807) is 14.2 Å². The van der Waals surface area contributed by atoms with Gasteiger partial charge in [0.2, 0.25) is 0 Å². The molecule has 0 amide bonds. The average Bonchev–Trinajstić information content (AvgIpc) is 3.95. The van der Waals surface area contributed by atoms with Crippen LogP contribution >= 0.6 is 0 Å². The second-order valence-electron chi connectivity index (χ2n) is 19.4. The molecule has 4 nitrogen and oxygen atoms in total. The molecule has 0 atom stereocenters. The number of anilines is 6. The molecule has 0 saturated heterocycles. The molecule has 13 aromatic rings. The summed E-state index contributed by atoms with van der Waals surface area (Å²) in [5, 5.41) is 15.0. The van der Waals surface area contributed by atoms with E-state index < -0.39 is 0 Å². The molecule has 0 spiro atoms. The van der Waals surface area contributed by atoms with E-state index in [2.05, 4.69) is 237 Å². The summed E-state index contributed by atoms with van der Waals surface area (Å²) in [7, 11) is 3.44. The van der Waals surface area contributed by atoms with Gasteiger partial charge in [-0.1, -0.05) is 153 Å². The lowest BCUT2D eigenvalue weighted by molar-refractivity contribution is 0.414. The van der Waals surface area contributed by atoms with Crippen molar-refractivity contribution in [2.75, 3.05) is 24.0 Å². The Hall–Kier alpha value is -8.86. The predicted octanol–water partition coefficient (Wildman–Crippen LogP) is 19.2. The highest BCUT2D eigenvalue weighted by Crippen LogP contribution is 2.57. The first-order valence-electron chi connectivity index (χ1n) is 24.9. The number of methoxy groups -OCH3 is 2. The number of benzene rings is 11. The molecule has 0 aromatic heterocycles. The zero-order valence-electron chi connectivity index (χ0n) is 41.1. The molecule has 0 unspecified atom stereocenters. The second kappa shape index (κ2) is 17.2. The predicted molar refractivity (Wildman–Crippen MR) is 306 cm³/mol. The monoisotopic (exact) mass is 928 g/mol. The summed E-state index contributed by atoms with van der Waals surface area (Å²) in [4.78, 5) is 4.80. The number of nitrogens with zero attached hydrogens (tertiary/aromatic N) is 2. The van der Waals surface area contributed by atoms with E-state index >= 15 is 0 Å². The SMILES string of the molecule is COc1ccc(N(c2ccc(C)cc2)c2ccc3c4c(-c5ccccc5)c5c6ccc(N(c7ccc(OC)cc7)c7ccc(C(C)C)cc7)c7cccc(c5c(-c5ccccc5)c4c4cccc2c43)c76)cc1. The zero-order chi connectivity index (χ0) is 48.6. The number of hydrogen-bond donors (Lipinski definition) is 0. The van der Waals surface area contributed by atoms with E-state index in [1.165, 1.54) is 98.0 Å². The highest BCUT2D eigenvalue weighted by Gasteiger charge is 2.30. The van der Waals surface area contributed by atoms with Gasteiger partial charge in [0.25, 0.3) is 0 Å². The quantitative estimate of drug-likeness (QED) is 0.129. The van der Waals surface area contributed by atoms with E-state index in [0.717, 1.165) is 45.6 Å². The van der Waals surface area contributed by atoms with Crippen molar-refractivity contribution in [1.82, 2.24) is 0 Å². The molecule has 0 heterocycles. The summed E-state index contributed by atoms with van der Waals surface area (Å²) in [5.74, 6) is 2.08. The first-order valence-corrected chi connectivity index (χ1v) is 24.9. The van der Waals surface area contributed by atoms with Gasteiger partial charge < -0.3 is 19.3 Å². The Labute approximate surface area is 420 Å². The standard InChI is InChI=1S/C68H52N2O2/c1-42(2)44-24-28-48(29-25-44)70(50-32-36-52(72-5)37-33-50)60-41-39-58-64-54(60)19-13-21-56(64)66-61(45-14-8-6-9-15-45)65-55-20-12-18-53-59(69(47-26-22-43(3)23-27-47)49-30-34-51(71-4)35-31-49)40-38-57(63(53)55)67(65)62(68(58)66)46-16-10-7-11-17-46/h6-42H,1-5H3. The molecule has 13 rings (SSSR count). The number of hydrogen-bond acceptors (Lipinski definition) is 4. The molecule has 346 valence electrons. The van der Waals surface area contributed by atoms with E-state index in [-0.39, 0.29) is 0 Å². The molecule has 0 fully saturated rings. The molecule has 0 aliphatic rings. The third-order valence-corrected chi connectivity index (χ3v) is 15.0. The molecule has 0 aliphatic heterocycles. The number of rotatable bonds is 11. The molecule has 4 heteroatoms. The fourth-order valence-electron chi connectivity index (χ4n) is 11.6. The maximum absolute atomic E-state index is 5.66. The van der Waals surface area contributed by atoms with Gasteiger partial charge in [-0.05, 0) is 179 Å². The molecule has 13 aromatic carbocycles. The smallest absolute Gasteiger partial charge is 0.119 e. The third kappa shape index (κ3) is 6.74. The number of ether oxygens (including phenoxy) is 2. The Bertz CT molecular complexity index is 4010. The minimum absolute atomic E-state index is 0.428. The maximum Gasteiger partial charge on any atom is 0.119 e. The van der Waals surface area contributed by atoms with Crippen molar-refractivity contribution in [2.45, 2.75) is 26.7 Å². The van der Waals surface area contributed by atoms with Crippen LogP contribution in [-0.4, -0.2) is 14.2 Å². The van der Waals surface area contributed by atoms with Gasteiger partial charge in [0, 0.05) is 33.5 Å². The summed E-state index contributed by atoms with van der Waals surface area (Å²) < 4.78 is 11.3. The molecule has 0 aliphatic carbocycles. The fourth-order valence-corrected chi connectivity index (χ4v) is 11.6. The van der Waals surface area contributed by atoms with Gasteiger partial charge in [-0.25, -0.2) is 0 Å². The first-order chi connectivity index (χ1) is 35.4. The van der Waals surface area contributed by atoms with Crippen molar-refractivity contribution in [3.63, 3.8) is 0 Å². The number of aryl methyl sites for hydroxylation is 1. The van der Waals surface area contributed by atoms with Crippen LogP contribution in [0.2, 0.25) is 0 Å². The van der Waals surface area contributed by atoms with Gasteiger partial charge >= 0.3 is 0 Å². The Kier molecular flexibility index (Phi) is 10.3. The van der Waals surface area contributed by atoms with Gasteiger partial charge in [0.05, 0.1) is 25.6 Å². The summed E-state index contributed by atoms with van der Waals surface area (Å²) >= 11 is 0. The third-order valence-electron chi connectivity index (χ3n) is 15.0. The molecule has 0 bridgehead atoms. The van der Waals surface area contributed by atoms with Crippen LogP contribution in [0.15, 0.2) is 218 Å². The minimum atomic E-state index is 0.428. The fraction of sp³-hybridized carbons (Fsp3) is 0.0882. The lowest BCUT2D eigenvalue weighted by Crippen LogP contribution is -2.10. The molecular weight excluding hydrogens is 877 g/mol. The van der Waals surface area contributed by atoms with E-state index in [1.807, 2.05) is 12.1 Å². The van der Waals surface area contributed by atoms with Gasteiger partial charge in [-0.3, -0.25) is 0 Å². The Balaban J connectivity index is 1.16. The van der Waals surface area contributed by atoms with Crippen molar-refractivity contribution >= 4 is 98.8 Å². The van der Waals surface area contributed by atoms with Crippen LogP contribution in [0.4, 0.5) is 34.1 Å². The van der Waals surface area contributed by atoms with E-state index in [4.69, 9.17) is 9.47 Å². The van der Waals surface area contributed by atoms with Crippen molar-refractivity contribution in [2.24, 2.45) is 0 Å². The van der Waals surface area contributed by atoms with Crippen LogP contribution in [-0.2, 0) is 0 Å². The Morgan fingerprint density at radius 2 is 0.667 bits per heavy atom. The number of fused-ring (bicyclic) bond motifs is 6. The molecule has 72 heavy (non-hydrogen) atoms. The zero-order valence-corrected chi connectivity index (χ0v) is 41.1. The largest absolute Gasteiger partial charge is 0.497 e. The molecule has 0 radical (unpaired) electrons. The molecular formula is C68H52N2O2. The minimum Gasteiger partial charge on any atom is -0.497 e. The van der Waals surface area contributed by atoms with Crippen LogP contribution in [0.5, 0.6) is 11.5 Å². The van der Waals surface area contributed by atoms with Gasteiger partial charge in [-0.15, -0.1) is 0 Å². The van der Waals surface area contributed by atoms with Gasteiger partial charge in [-0.2, -0.15) is 0 Å². The Morgan fingerprint density at radius 3 is 1.04 bits per heavy atom. The van der Waals surface area contributed by atoms with Crippen LogP contribution in [0, 0.1) is 6.92 Å². The van der Waals surface area contributed by atoms with Crippen LogP contribution < -0.4 is 19.3 Å². The summed E-state index contributed by atoms with van der Waals surface area (Å²) in [6.07, 6.45) is 0. The highest BCUT2D eigenvalue weighted by atomic mass is 16.5. The van der Waals surface area contributed by atoms with Crippen LogP contribution in [0.1, 0.15) is 30.9 Å². The van der Waals surface area contributed by atoms with Crippen molar-refractivity contribution in [3.8, 4) is 33.8 Å². The van der Waals surface area contributed by atoms with Crippen molar-refractivity contribution in [3.05, 3.63) is 230 Å². The lowest BCUT2D eigenvalue weighted by atomic mass is 9.87. The second-order valence-corrected chi connectivity index (χ2v) is 19.4. The van der Waals surface area contributed by atoms with E-state index in [9.17, 15) is 0 Å². The molecule has 0 saturated carbocycles. The summed E-state index contributed by atoms with van der Waals surface area (Å²) in [6.45, 7) is 6.65. The van der Waals surface area contributed by atoms with Gasteiger partial charge in [0.15, 0.2) is 0 Å². The van der Waals surface area contributed by atoms with Crippen LogP contribution in [0.25, 0.3) is 86.9 Å². The average molecular weight is 929 g/mol. The summed E-state index contributed by atoms with van der Waals surface area (Å²) in [6, 6.07) is 80.4. The van der Waals surface area contributed by atoms with E-state index in [0.29, 0.717) is 5.92 Å². The topological polar surface area (TPSA) is 24.9 Å². The summed E-state index contributed by atoms with van der Waals surface area (Å²) in [5.41, 5.74) is 14.0. The van der Waals surface area contributed by atoms with Gasteiger partial charge in [0.1, 0.15) is 11.5 Å². The Morgan fingerprint density at radius 1 is 0.319 bits per heavy atom. The normalized spacial score (nSPS) is 11.8. The highest BCUT2D eigenvalue weighted by molar-refractivity contribution is 6.47. The first kappa shape index (κ1) is 43.2. The van der Waals surface area contributed by atoms with Crippen molar-refractivity contribution in [1.29, 1.82) is 0 Å².